The van der Waals surface area contributed by atoms with Crippen molar-refractivity contribution in [2.75, 3.05) is 0 Å². The molecular weight excluding hydrogens is 597 g/mol. The zero-order chi connectivity index (χ0) is 34.4. The third kappa shape index (κ3) is 4.38. The molecule has 246 valence electrons. The minimum absolute atomic E-state index is 0.0176. The number of nitrogens with zero attached hydrogens (tertiary/aromatic N) is 1. The van der Waals surface area contributed by atoms with Crippen molar-refractivity contribution >= 4 is 23.1 Å². The van der Waals surface area contributed by atoms with Crippen LogP contribution in [0.3, 0.4) is 0 Å². The van der Waals surface area contributed by atoms with Crippen LogP contribution in [0.1, 0.15) is 102 Å². The van der Waals surface area contributed by atoms with Gasteiger partial charge >= 0.3 is 0 Å². The van der Waals surface area contributed by atoms with Gasteiger partial charge in [-0.2, -0.15) is 0 Å². The van der Waals surface area contributed by atoms with E-state index in [9.17, 15) is 0 Å². The van der Waals surface area contributed by atoms with Gasteiger partial charge in [0.2, 0.25) is 5.88 Å². The Kier molecular flexibility index (Phi) is 6.07. The molecule has 1 aromatic heterocycles. The van der Waals surface area contributed by atoms with Gasteiger partial charge in [0.25, 0.3) is 6.71 Å². The second-order valence-electron chi connectivity index (χ2n) is 18.0. The van der Waals surface area contributed by atoms with Crippen LogP contribution in [0.2, 0.25) is 0 Å². The molecular formula is C45H46BNO2. The molecule has 0 bridgehead atoms. The van der Waals surface area contributed by atoms with Gasteiger partial charge in [-0.15, -0.1) is 0 Å². The van der Waals surface area contributed by atoms with Gasteiger partial charge < -0.3 is 9.47 Å². The molecule has 4 aliphatic rings. The van der Waals surface area contributed by atoms with E-state index in [-0.39, 0.29) is 28.4 Å². The van der Waals surface area contributed by atoms with Crippen LogP contribution in [0.5, 0.6) is 23.1 Å². The van der Waals surface area contributed by atoms with E-state index in [1.165, 1.54) is 55.6 Å². The second kappa shape index (κ2) is 9.68. The number of ether oxygens (including phenoxy) is 2. The summed E-state index contributed by atoms with van der Waals surface area (Å²) in [5.74, 6) is 3.23. The number of benzene rings is 4. The summed E-state index contributed by atoms with van der Waals surface area (Å²) in [6.07, 6.45) is 4.12. The van der Waals surface area contributed by atoms with Crippen molar-refractivity contribution in [1.29, 1.82) is 0 Å². The number of pyridine rings is 1. The average molecular weight is 644 g/mol. The van der Waals surface area contributed by atoms with E-state index < -0.39 is 0 Å². The summed E-state index contributed by atoms with van der Waals surface area (Å²) in [4.78, 5) is 4.72. The SMILES string of the molecule is Cc1cc2c(cc1-c1ccc3c(c1)Oc1ccnc4c1B3c1ccc(-c3cc5c(cc3C)C(C)(C)CC5(C)C)cc1O4)C(C)(C)CC2(C)C. The smallest absolute Gasteiger partial charge is 0.262 e. The van der Waals surface area contributed by atoms with Crippen molar-refractivity contribution in [2.45, 2.75) is 104 Å². The molecule has 5 aromatic rings. The zero-order valence-electron chi connectivity index (χ0n) is 30.7. The number of hydrogen-bond donors (Lipinski definition) is 0. The van der Waals surface area contributed by atoms with Crippen LogP contribution < -0.4 is 25.9 Å². The molecule has 4 heteroatoms. The van der Waals surface area contributed by atoms with Crippen molar-refractivity contribution in [1.82, 2.24) is 4.98 Å². The lowest BCUT2D eigenvalue weighted by atomic mass is 9.35. The van der Waals surface area contributed by atoms with Crippen LogP contribution in [-0.2, 0) is 21.7 Å². The second-order valence-corrected chi connectivity index (χ2v) is 18.0. The molecule has 3 nitrogen and oxygen atoms in total. The molecule has 0 unspecified atom stereocenters. The lowest BCUT2D eigenvalue weighted by molar-refractivity contribution is 0.402. The highest BCUT2D eigenvalue weighted by atomic mass is 16.5. The van der Waals surface area contributed by atoms with E-state index in [2.05, 4.69) is 130 Å². The Morgan fingerprint density at radius 1 is 0.531 bits per heavy atom. The molecule has 4 aromatic carbocycles. The molecule has 49 heavy (non-hydrogen) atoms. The highest BCUT2D eigenvalue weighted by Crippen LogP contribution is 2.52. The fourth-order valence-corrected chi connectivity index (χ4v) is 10.5. The fourth-order valence-electron chi connectivity index (χ4n) is 10.5. The largest absolute Gasteiger partial charge is 0.458 e. The lowest BCUT2D eigenvalue weighted by Gasteiger charge is -2.32. The molecule has 0 saturated carbocycles. The summed E-state index contributed by atoms with van der Waals surface area (Å²) >= 11 is 0. The minimum atomic E-state index is -0.0176. The predicted molar refractivity (Wildman–Crippen MR) is 204 cm³/mol. The van der Waals surface area contributed by atoms with Crippen molar-refractivity contribution in [3.05, 3.63) is 106 Å². The quantitative estimate of drug-likeness (QED) is 0.176. The van der Waals surface area contributed by atoms with Gasteiger partial charge in [0.1, 0.15) is 17.2 Å². The topological polar surface area (TPSA) is 31.4 Å². The number of aryl methyl sites for hydroxylation is 2. The summed E-state index contributed by atoms with van der Waals surface area (Å²) in [6.45, 7) is 23.6. The Bertz CT molecular complexity index is 2120. The van der Waals surface area contributed by atoms with Crippen LogP contribution in [0.15, 0.2) is 72.9 Å². The van der Waals surface area contributed by atoms with E-state index in [0.717, 1.165) is 46.5 Å². The standard InChI is InChI=1S/C45H46BNO2/c1-25-17-31-33(44(7,8)23-42(31,3)4)21-29(25)27-11-13-35-38(19-27)48-37-15-16-47-41-40(37)46(35)36-14-12-28(20-39(36)49-41)30-22-34-32(18-26(30)2)43(5,6)24-45(34,9)10/h11-22H,23-24H2,1-10H3. The van der Waals surface area contributed by atoms with Crippen LogP contribution in [-0.4, -0.2) is 11.7 Å². The molecule has 3 heterocycles. The van der Waals surface area contributed by atoms with Crippen LogP contribution in [0.25, 0.3) is 22.3 Å². The first-order valence-electron chi connectivity index (χ1n) is 18.0. The van der Waals surface area contributed by atoms with Gasteiger partial charge in [0.05, 0.1) is 0 Å². The summed E-state index contributed by atoms with van der Waals surface area (Å²) in [6, 6.07) is 25.3. The van der Waals surface area contributed by atoms with Crippen molar-refractivity contribution in [3.8, 4) is 45.4 Å². The summed E-state index contributed by atoms with van der Waals surface area (Å²) in [7, 11) is 0. The van der Waals surface area contributed by atoms with Crippen molar-refractivity contribution in [2.24, 2.45) is 0 Å². The highest BCUT2D eigenvalue weighted by molar-refractivity contribution is 6.98. The molecule has 0 N–H and O–H groups in total. The normalized spacial score (nSPS) is 19.2. The van der Waals surface area contributed by atoms with Crippen molar-refractivity contribution in [3.63, 3.8) is 0 Å². The van der Waals surface area contributed by atoms with Crippen molar-refractivity contribution < 1.29 is 9.47 Å². The van der Waals surface area contributed by atoms with Crippen LogP contribution in [0, 0.1) is 13.8 Å². The third-order valence-corrected chi connectivity index (χ3v) is 12.3. The molecule has 0 saturated heterocycles. The Morgan fingerprint density at radius 3 is 1.47 bits per heavy atom. The Labute approximate surface area is 292 Å². The molecule has 2 aliphatic carbocycles. The van der Waals surface area contributed by atoms with Gasteiger partial charge in [0.15, 0.2) is 0 Å². The van der Waals surface area contributed by atoms with E-state index in [4.69, 9.17) is 14.5 Å². The van der Waals surface area contributed by atoms with Gasteiger partial charge in [-0.1, -0.05) is 104 Å². The highest BCUT2D eigenvalue weighted by Gasteiger charge is 2.44. The Balaban J connectivity index is 1.15. The number of hydrogen-bond acceptors (Lipinski definition) is 3. The maximum Gasteiger partial charge on any atom is 0.262 e. The maximum atomic E-state index is 6.68. The maximum absolute atomic E-state index is 6.68. The average Bonchev–Trinajstić information content (AvgIpc) is 3.32. The molecule has 9 rings (SSSR count). The first-order valence-corrected chi connectivity index (χ1v) is 18.0. The molecule has 2 aliphatic heterocycles. The number of rotatable bonds is 2. The monoisotopic (exact) mass is 643 g/mol. The van der Waals surface area contributed by atoms with E-state index in [1.807, 2.05) is 6.07 Å². The van der Waals surface area contributed by atoms with Gasteiger partial charge in [-0.25, -0.2) is 4.98 Å². The van der Waals surface area contributed by atoms with E-state index >= 15 is 0 Å². The van der Waals surface area contributed by atoms with E-state index in [1.54, 1.807) is 6.20 Å². The summed E-state index contributed by atoms with van der Waals surface area (Å²) < 4.78 is 13.3. The molecule has 0 spiro atoms. The first kappa shape index (κ1) is 30.7. The number of fused-ring (bicyclic) bond motifs is 6. The lowest BCUT2D eigenvalue weighted by Crippen LogP contribution is -2.57. The van der Waals surface area contributed by atoms with Gasteiger partial charge in [-0.05, 0) is 133 Å². The zero-order valence-corrected chi connectivity index (χ0v) is 30.7. The molecule has 0 fully saturated rings. The Hall–Kier alpha value is -4.31. The van der Waals surface area contributed by atoms with Crippen LogP contribution in [0.4, 0.5) is 0 Å². The molecule has 0 amide bonds. The molecule has 0 atom stereocenters. The summed E-state index contributed by atoms with van der Waals surface area (Å²) in [5.41, 5.74) is 17.4. The minimum Gasteiger partial charge on any atom is -0.458 e. The predicted octanol–water partition coefficient (Wildman–Crippen LogP) is 9.68. The van der Waals surface area contributed by atoms with Gasteiger partial charge in [-0.3, -0.25) is 0 Å². The van der Waals surface area contributed by atoms with Crippen LogP contribution >= 0.6 is 0 Å². The van der Waals surface area contributed by atoms with Gasteiger partial charge in [0, 0.05) is 11.7 Å². The molecule has 0 radical (unpaired) electrons. The summed E-state index contributed by atoms with van der Waals surface area (Å²) in [5, 5.41) is 0. The fraction of sp³-hybridized carbons (Fsp3) is 0.356. The first-order chi connectivity index (χ1) is 23.0. The Morgan fingerprint density at radius 2 is 0.980 bits per heavy atom. The third-order valence-electron chi connectivity index (χ3n) is 12.3. The number of aromatic nitrogens is 1. The van der Waals surface area contributed by atoms with E-state index in [0.29, 0.717) is 5.88 Å².